The van der Waals surface area contributed by atoms with Crippen molar-refractivity contribution < 1.29 is 0 Å². The molecule has 2 rings (SSSR count). The SMILES string of the molecule is CNc1cc(Cl)c(C(C#N)c2ccc(Cl)cc2)cc1C. The zero-order valence-electron chi connectivity index (χ0n) is 11.2. The molecule has 1 atom stereocenters. The highest BCUT2D eigenvalue weighted by Gasteiger charge is 2.18. The molecular weight excluding hydrogens is 291 g/mol. The highest BCUT2D eigenvalue weighted by atomic mass is 35.5. The molecule has 0 aromatic heterocycles. The zero-order chi connectivity index (χ0) is 14.7. The van der Waals surface area contributed by atoms with Crippen molar-refractivity contribution in [2.75, 3.05) is 12.4 Å². The molecule has 0 heterocycles. The summed E-state index contributed by atoms with van der Waals surface area (Å²) in [5, 5.41) is 13.8. The lowest BCUT2D eigenvalue weighted by molar-refractivity contribution is 1.03. The Balaban J connectivity index is 2.50. The van der Waals surface area contributed by atoms with Crippen molar-refractivity contribution in [3.8, 4) is 6.07 Å². The molecule has 2 aromatic carbocycles. The molecule has 20 heavy (non-hydrogen) atoms. The van der Waals surface area contributed by atoms with Gasteiger partial charge in [0.2, 0.25) is 0 Å². The third-order valence-corrected chi connectivity index (χ3v) is 3.84. The van der Waals surface area contributed by atoms with E-state index in [0.29, 0.717) is 10.0 Å². The summed E-state index contributed by atoms with van der Waals surface area (Å²) in [5.41, 5.74) is 3.72. The molecule has 1 unspecified atom stereocenters. The number of anilines is 1. The van der Waals surface area contributed by atoms with Crippen LogP contribution in [0.1, 0.15) is 22.6 Å². The first-order valence-corrected chi connectivity index (χ1v) is 6.95. The standard InChI is InChI=1S/C16H14Cl2N2/c1-10-7-13(15(18)8-16(10)20-2)14(9-19)11-3-5-12(17)6-4-11/h3-8,14,20H,1-2H3. The second-order valence-electron chi connectivity index (χ2n) is 4.55. The maximum Gasteiger partial charge on any atom is 0.0977 e. The van der Waals surface area contributed by atoms with Crippen LogP contribution < -0.4 is 5.32 Å². The van der Waals surface area contributed by atoms with Crippen molar-refractivity contribution in [3.05, 3.63) is 63.1 Å². The summed E-state index contributed by atoms with van der Waals surface area (Å²) in [4.78, 5) is 0. The molecule has 0 saturated carbocycles. The van der Waals surface area contributed by atoms with Crippen LogP contribution in [-0.2, 0) is 0 Å². The normalized spacial score (nSPS) is 11.8. The fourth-order valence-electron chi connectivity index (χ4n) is 2.17. The average molecular weight is 305 g/mol. The molecule has 4 heteroatoms. The number of aryl methyl sites for hydroxylation is 1. The van der Waals surface area contributed by atoms with E-state index in [-0.39, 0.29) is 0 Å². The Labute approximate surface area is 128 Å². The predicted octanol–water partition coefficient (Wildman–Crippen LogP) is 5.00. The minimum absolute atomic E-state index is 0.399. The van der Waals surface area contributed by atoms with Crippen LogP contribution in [0.15, 0.2) is 36.4 Å². The number of halogens is 2. The second kappa shape index (κ2) is 6.17. The molecule has 0 spiro atoms. The average Bonchev–Trinajstić information content (AvgIpc) is 2.45. The molecule has 1 N–H and O–H groups in total. The van der Waals surface area contributed by atoms with Crippen molar-refractivity contribution in [1.82, 2.24) is 0 Å². The first-order chi connectivity index (χ1) is 9.56. The molecule has 2 aromatic rings. The molecule has 0 fully saturated rings. The Kier molecular flexibility index (Phi) is 4.54. The number of rotatable bonds is 3. The fraction of sp³-hybridized carbons (Fsp3) is 0.188. The number of nitrogens with one attached hydrogen (secondary N) is 1. The first-order valence-electron chi connectivity index (χ1n) is 6.19. The van der Waals surface area contributed by atoms with Gasteiger partial charge in [-0.1, -0.05) is 41.4 Å². The minimum Gasteiger partial charge on any atom is -0.388 e. The molecule has 0 aliphatic carbocycles. The van der Waals surface area contributed by atoms with Crippen molar-refractivity contribution in [3.63, 3.8) is 0 Å². The van der Waals surface area contributed by atoms with Crippen LogP contribution in [0, 0.1) is 18.3 Å². The van der Waals surface area contributed by atoms with E-state index in [1.165, 1.54) is 0 Å². The van der Waals surface area contributed by atoms with E-state index in [1.54, 1.807) is 12.1 Å². The Morgan fingerprint density at radius 2 is 1.80 bits per heavy atom. The summed E-state index contributed by atoms with van der Waals surface area (Å²) in [7, 11) is 1.85. The monoisotopic (exact) mass is 304 g/mol. The topological polar surface area (TPSA) is 35.8 Å². The van der Waals surface area contributed by atoms with Gasteiger partial charge in [0.1, 0.15) is 0 Å². The molecule has 102 valence electrons. The largest absolute Gasteiger partial charge is 0.388 e. The molecular formula is C16H14Cl2N2. The van der Waals surface area contributed by atoms with Gasteiger partial charge in [-0.3, -0.25) is 0 Å². The van der Waals surface area contributed by atoms with Crippen molar-refractivity contribution in [2.45, 2.75) is 12.8 Å². The van der Waals surface area contributed by atoms with Gasteiger partial charge in [-0.15, -0.1) is 0 Å². The minimum atomic E-state index is -0.399. The number of hydrogen-bond acceptors (Lipinski definition) is 2. The van der Waals surface area contributed by atoms with Crippen molar-refractivity contribution in [2.24, 2.45) is 0 Å². The summed E-state index contributed by atoms with van der Waals surface area (Å²) in [6.45, 7) is 1.99. The van der Waals surface area contributed by atoms with Gasteiger partial charge < -0.3 is 5.32 Å². The number of benzene rings is 2. The first kappa shape index (κ1) is 14.7. The van der Waals surface area contributed by atoms with Gasteiger partial charge in [0.15, 0.2) is 0 Å². The van der Waals surface area contributed by atoms with Crippen LogP contribution in [0.5, 0.6) is 0 Å². The van der Waals surface area contributed by atoms with Crippen LogP contribution in [0.2, 0.25) is 10.0 Å². The van der Waals surface area contributed by atoms with Crippen molar-refractivity contribution in [1.29, 1.82) is 5.26 Å². The third-order valence-electron chi connectivity index (χ3n) is 3.26. The highest BCUT2D eigenvalue weighted by Crippen LogP contribution is 2.34. The summed E-state index contributed by atoms with van der Waals surface area (Å²) in [5.74, 6) is -0.399. The Bertz CT molecular complexity index is 657. The van der Waals surface area contributed by atoms with E-state index in [9.17, 15) is 5.26 Å². The maximum absolute atomic E-state index is 9.49. The molecule has 0 amide bonds. The molecule has 2 nitrogen and oxygen atoms in total. The van der Waals surface area contributed by atoms with Crippen molar-refractivity contribution >= 4 is 28.9 Å². The van der Waals surface area contributed by atoms with Gasteiger partial charge in [-0.2, -0.15) is 5.26 Å². The molecule has 0 saturated heterocycles. The van der Waals surface area contributed by atoms with Crippen LogP contribution in [0.4, 0.5) is 5.69 Å². The van der Waals surface area contributed by atoms with Gasteiger partial charge in [0.05, 0.1) is 12.0 Å². The van der Waals surface area contributed by atoms with Gasteiger partial charge >= 0.3 is 0 Å². The van der Waals surface area contributed by atoms with Crippen LogP contribution in [0.3, 0.4) is 0 Å². The quantitative estimate of drug-likeness (QED) is 0.866. The third kappa shape index (κ3) is 2.90. The molecule has 0 aliphatic heterocycles. The van der Waals surface area contributed by atoms with E-state index in [1.807, 2.05) is 38.2 Å². The summed E-state index contributed by atoms with van der Waals surface area (Å²) in [6.07, 6.45) is 0. The van der Waals surface area contributed by atoms with Gasteiger partial charge in [-0.25, -0.2) is 0 Å². The van der Waals surface area contributed by atoms with E-state index in [2.05, 4.69) is 11.4 Å². The lowest BCUT2D eigenvalue weighted by Crippen LogP contribution is -2.01. The van der Waals surface area contributed by atoms with E-state index in [0.717, 1.165) is 22.4 Å². The molecule has 0 aliphatic rings. The zero-order valence-corrected chi connectivity index (χ0v) is 12.8. The Morgan fingerprint density at radius 1 is 1.15 bits per heavy atom. The Morgan fingerprint density at radius 3 is 2.35 bits per heavy atom. The second-order valence-corrected chi connectivity index (χ2v) is 5.40. The van der Waals surface area contributed by atoms with Crippen LogP contribution >= 0.6 is 23.2 Å². The lowest BCUT2D eigenvalue weighted by Gasteiger charge is -2.15. The van der Waals surface area contributed by atoms with Gasteiger partial charge in [-0.05, 0) is 41.8 Å². The van der Waals surface area contributed by atoms with E-state index < -0.39 is 5.92 Å². The van der Waals surface area contributed by atoms with Crippen LogP contribution in [-0.4, -0.2) is 7.05 Å². The summed E-state index contributed by atoms with van der Waals surface area (Å²) < 4.78 is 0. The highest BCUT2D eigenvalue weighted by molar-refractivity contribution is 6.32. The van der Waals surface area contributed by atoms with Crippen LogP contribution in [0.25, 0.3) is 0 Å². The van der Waals surface area contributed by atoms with E-state index in [4.69, 9.17) is 23.2 Å². The fourth-order valence-corrected chi connectivity index (χ4v) is 2.57. The Hall–Kier alpha value is -1.69. The van der Waals surface area contributed by atoms with Gasteiger partial charge in [0, 0.05) is 22.8 Å². The van der Waals surface area contributed by atoms with E-state index >= 15 is 0 Å². The number of nitrogens with zero attached hydrogens (tertiary/aromatic N) is 1. The van der Waals surface area contributed by atoms with Gasteiger partial charge in [0.25, 0.3) is 0 Å². The maximum atomic E-state index is 9.49. The molecule has 0 radical (unpaired) electrons. The number of nitriles is 1. The molecule has 0 bridgehead atoms. The lowest BCUT2D eigenvalue weighted by atomic mass is 9.91. The summed E-state index contributed by atoms with van der Waals surface area (Å²) >= 11 is 12.2. The summed E-state index contributed by atoms with van der Waals surface area (Å²) in [6, 6.07) is 13.4. The number of hydrogen-bond donors (Lipinski definition) is 1. The smallest absolute Gasteiger partial charge is 0.0977 e. The predicted molar refractivity (Wildman–Crippen MR) is 84.6 cm³/mol.